The minimum Gasteiger partial charge on any atom is -0.493 e. The number of sulfonamides is 1. The minimum absolute atomic E-state index is 0.157. The number of methoxy groups -OCH3 is 2. The van der Waals surface area contributed by atoms with Gasteiger partial charge in [-0.25, -0.2) is 8.42 Å². The molecule has 1 fully saturated rings. The van der Waals surface area contributed by atoms with Crippen molar-refractivity contribution in [2.75, 3.05) is 27.3 Å². The monoisotopic (exact) mass is 446 g/mol. The molecule has 31 heavy (non-hydrogen) atoms. The Morgan fingerprint density at radius 2 is 1.74 bits per heavy atom. The molecule has 7 nitrogen and oxygen atoms in total. The van der Waals surface area contributed by atoms with Crippen molar-refractivity contribution < 1.29 is 22.7 Å². The molecule has 3 rings (SSSR count). The van der Waals surface area contributed by atoms with Gasteiger partial charge in [0, 0.05) is 18.7 Å². The summed E-state index contributed by atoms with van der Waals surface area (Å²) < 4.78 is 38.0. The van der Waals surface area contributed by atoms with E-state index in [-0.39, 0.29) is 16.8 Å². The van der Waals surface area contributed by atoms with E-state index < -0.39 is 10.0 Å². The van der Waals surface area contributed by atoms with Crippen LogP contribution in [0.5, 0.6) is 11.5 Å². The lowest BCUT2D eigenvalue weighted by Gasteiger charge is -2.20. The molecular formula is C23H30N2O5S. The third-order valence-electron chi connectivity index (χ3n) is 5.68. The largest absolute Gasteiger partial charge is 0.493 e. The number of carbonyl (C=O) groups excluding carboxylic acids is 1. The molecule has 1 heterocycles. The van der Waals surface area contributed by atoms with Crippen LogP contribution in [-0.4, -0.2) is 45.9 Å². The molecule has 0 aromatic heterocycles. The average molecular weight is 447 g/mol. The summed E-state index contributed by atoms with van der Waals surface area (Å²) in [6.45, 7) is 4.82. The van der Waals surface area contributed by atoms with Crippen LogP contribution in [0.1, 0.15) is 53.7 Å². The fourth-order valence-corrected chi connectivity index (χ4v) is 5.35. The second-order valence-electron chi connectivity index (χ2n) is 7.64. The first-order valence-electron chi connectivity index (χ1n) is 10.5. The highest BCUT2D eigenvalue weighted by atomic mass is 32.2. The molecule has 0 bridgehead atoms. The summed E-state index contributed by atoms with van der Waals surface area (Å²) in [7, 11) is -0.453. The van der Waals surface area contributed by atoms with Crippen LogP contribution in [0.4, 0.5) is 0 Å². The highest BCUT2D eigenvalue weighted by molar-refractivity contribution is 7.89. The molecule has 2 aromatic carbocycles. The number of rotatable bonds is 8. The van der Waals surface area contributed by atoms with Gasteiger partial charge in [0.25, 0.3) is 5.91 Å². The second-order valence-corrected chi connectivity index (χ2v) is 9.57. The molecule has 1 atom stereocenters. The molecule has 1 saturated heterocycles. The van der Waals surface area contributed by atoms with Crippen molar-refractivity contribution in [2.45, 2.75) is 44.0 Å². The molecule has 0 spiro atoms. The Bertz CT molecular complexity index is 1050. The van der Waals surface area contributed by atoms with Crippen molar-refractivity contribution >= 4 is 15.9 Å². The van der Waals surface area contributed by atoms with Crippen molar-refractivity contribution in [3.63, 3.8) is 0 Å². The molecule has 2 aromatic rings. The Labute approximate surface area is 184 Å². The number of aryl methyl sites for hydroxylation is 1. The van der Waals surface area contributed by atoms with Crippen LogP contribution in [0.2, 0.25) is 0 Å². The van der Waals surface area contributed by atoms with Gasteiger partial charge in [-0.2, -0.15) is 4.31 Å². The zero-order valence-corrected chi connectivity index (χ0v) is 19.3. The molecule has 0 aliphatic carbocycles. The van der Waals surface area contributed by atoms with E-state index >= 15 is 0 Å². The van der Waals surface area contributed by atoms with Crippen molar-refractivity contribution in [3.8, 4) is 11.5 Å². The topological polar surface area (TPSA) is 84.9 Å². The quantitative estimate of drug-likeness (QED) is 0.669. The standard InChI is InChI=1S/C23H30N2O5S/c1-5-20(17-9-11-21(29-3)22(14-17)30-4)24-23(26)19-15-18(10-8-16(19)2)31(27,28)25-12-6-7-13-25/h8-11,14-15,20H,5-7,12-13H2,1-4H3,(H,24,26). The van der Waals surface area contributed by atoms with Crippen LogP contribution in [0.3, 0.4) is 0 Å². The first-order chi connectivity index (χ1) is 14.8. The maximum absolute atomic E-state index is 13.1. The third-order valence-corrected chi connectivity index (χ3v) is 7.57. The van der Waals surface area contributed by atoms with Crippen LogP contribution in [-0.2, 0) is 10.0 Å². The highest BCUT2D eigenvalue weighted by Crippen LogP contribution is 2.31. The molecule has 8 heteroatoms. The summed E-state index contributed by atoms with van der Waals surface area (Å²) in [4.78, 5) is 13.3. The molecular weight excluding hydrogens is 416 g/mol. The molecule has 0 radical (unpaired) electrons. The molecule has 168 valence electrons. The molecule has 1 aliphatic heterocycles. The van der Waals surface area contributed by atoms with E-state index in [1.54, 1.807) is 39.3 Å². The summed E-state index contributed by atoms with van der Waals surface area (Å²) in [5, 5.41) is 3.03. The lowest BCUT2D eigenvalue weighted by Crippen LogP contribution is -2.30. The first-order valence-corrected chi connectivity index (χ1v) is 11.9. The Hall–Kier alpha value is -2.58. The van der Waals surface area contributed by atoms with E-state index in [0.29, 0.717) is 36.6 Å². The number of amides is 1. The van der Waals surface area contributed by atoms with Crippen LogP contribution in [0.15, 0.2) is 41.3 Å². The zero-order chi connectivity index (χ0) is 22.6. The number of carbonyl (C=O) groups is 1. The van der Waals surface area contributed by atoms with Crippen LogP contribution < -0.4 is 14.8 Å². The van der Waals surface area contributed by atoms with Crippen molar-refractivity contribution in [2.24, 2.45) is 0 Å². The molecule has 0 saturated carbocycles. The van der Waals surface area contributed by atoms with Crippen molar-refractivity contribution in [1.82, 2.24) is 9.62 Å². The Morgan fingerprint density at radius 1 is 1.06 bits per heavy atom. The van der Waals surface area contributed by atoms with E-state index in [9.17, 15) is 13.2 Å². The lowest BCUT2D eigenvalue weighted by molar-refractivity contribution is 0.0934. The number of nitrogens with zero attached hydrogens (tertiary/aromatic N) is 1. The zero-order valence-electron chi connectivity index (χ0n) is 18.5. The number of ether oxygens (including phenoxy) is 2. The SMILES string of the molecule is CCC(NC(=O)c1cc(S(=O)(=O)N2CCCC2)ccc1C)c1ccc(OC)c(OC)c1. The predicted molar refractivity (Wildman–Crippen MR) is 119 cm³/mol. The molecule has 1 unspecified atom stereocenters. The van der Waals surface area contributed by atoms with E-state index in [4.69, 9.17) is 9.47 Å². The maximum atomic E-state index is 13.1. The smallest absolute Gasteiger partial charge is 0.252 e. The molecule has 1 N–H and O–H groups in total. The van der Waals surface area contributed by atoms with Crippen LogP contribution in [0.25, 0.3) is 0 Å². The lowest BCUT2D eigenvalue weighted by atomic mass is 10.0. The summed E-state index contributed by atoms with van der Waals surface area (Å²) in [6, 6.07) is 10.0. The van der Waals surface area contributed by atoms with Gasteiger partial charge in [0.1, 0.15) is 0 Å². The second kappa shape index (κ2) is 9.70. The van der Waals surface area contributed by atoms with Gasteiger partial charge in [0.05, 0.1) is 25.2 Å². The van der Waals surface area contributed by atoms with Crippen LogP contribution >= 0.6 is 0 Å². The Balaban J connectivity index is 1.87. The third kappa shape index (κ3) is 4.85. The number of nitrogens with one attached hydrogen (secondary N) is 1. The van der Waals surface area contributed by atoms with Gasteiger partial charge in [0.15, 0.2) is 11.5 Å². The van der Waals surface area contributed by atoms with E-state index in [1.807, 2.05) is 19.1 Å². The Kier molecular flexibility index (Phi) is 7.23. The van der Waals surface area contributed by atoms with Gasteiger partial charge in [-0.3, -0.25) is 4.79 Å². The van der Waals surface area contributed by atoms with Crippen molar-refractivity contribution in [3.05, 3.63) is 53.1 Å². The first kappa shape index (κ1) is 23.1. The van der Waals surface area contributed by atoms with Gasteiger partial charge in [-0.15, -0.1) is 0 Å². The summed E-state index contributed by atoms with van der Waals surface area (Å²) in [6.07, 6.45) is 2.38. The fourth-order valence-electron chi connectivity index (χ4n) is 3.81. The highest BCUT2D eigenvalue weighted by Gasteiger charge is 2.28. The summed E-state index contributed by atoms with van der Waals surface area (Å²) in [5.74, 6) is 0.892. The van der Waals surface area contributed by atoms with Crippen molar-refractivity contribution in [1.29, 1.82) is 0 Å². The van der Waals surface area contributed by atoms with Gasteiger partial charge in [-0.05, 0) is 61.6 Å². The summed E-state index contributed by atoms with van der Waals surface area (Å²) >= 11 is 0. The van der Waals surface area contributed by atoms with Gasteiger partial charge in [-0.1, -0.05) is 19.1 Å². The van der Waals surface area contributed by atoms with Crippen LogP contribution in [0, 0.1) is 6.92 Å². The minimum atomic E-state index is -3.59. The van der Waals surface area contributed by atoms with E-state index in [0.717, 1.165) is 24.0 Å². The average Bonchev–Trinajstić information content (AvgIpc) is 3.33. The van der Waals surface area contributed by atoms with Gasteiger partial charge in [0.2, 0.25) is 10.0 Å². The van der Waals surface area contributed by atoms with Gasteiger partial charge >= 0.3 is 0 Å². The van der Waals surface area contributed by atoms with E-state index in [2.05, 4.69) is 5.32 Å². The predicted octanol–water partition coefficient (Wildman–Crippen LogP) is 3.68. The van der Waals surface area contributed by atoms with E-state index in [1.165, 1.54) is 10.4 Å². The molecule has 1 amide bonds. The maximum Gasteiger partial charge on any atom is 0.252 e. The Morgan fingerprint density at radius 3 is 2.35 bits per heavy atom. The van der Waals surface area contributed by atoms with Gasteiger partial charge < -0.3 is 14.8 Å². The number of hydrogen-bond acceptors (Lipinski definition) is 5. The number of hydrogen-bond donors (Lipinski definition) is 1. The normalized spacial score (nSPS) is 15.5. The fraction of sp³-hybridized carbons (Fsp3) is 0.435. The summed E-state index contributed by atoms with van der Waals surface area (Å²) in [5.41, 5.74) is 1.96. The molecule has 1 aliphatic rings. The number of benzene rings is 2.